The molecule has 0 aliphatic rings. The molecule has 0 bridgehead atoms. The zero-order chi connectivity index (χ0) is 14.6. The molecule has 0 aliphatic carbocycles. The molecule has 0 heterocycles. The van der Waals surface area contributed by atoms with Crippen molar-refractivity contribution in [3.63, 3.8) is 0 Å². The van der Waals surface area contributed by atoms with Crippen LogP contribution in [0, 0.1) is 6.92 Å². The number of carboxylic acids is 1. The lowest BCUT2D eigenvalue weighted by Crippen LogP contribution is -2.26. The number of carbonyl (C=O) groups is 3. The molecule has 102 valence electrons. The lowest BCUT2D eigenvalue weighted by Gasteiger charge is -2.15. The zero-order valence-corrected chi connectivity index (χ0v) is 10.8. The van der Waals surface area contributed by atoms with Gasteiger partial charge in [-0.1, -0.05) is 17.7 Å². The number of carboxylic acid groups (broad SMARTS) is 1. The van der Waals surface area contributed by atoms with Gasteiger partial charge in [0.1, 0.15) is 0 Å². The van der Waals surface area contributed by atoms with Crippen molar-refractivity contribution in [2.75, 3.05) is 14.2 Å². The van der Waals surface area contributed by atoms with E-state index in [1.54, 1.807) is 13.0 Å². The number of hydrogen-bond acceptors (Lipinski definition) is 5. The first-order valence-corrected chi connectivity index (χ1v) is 5.41. The average Bonchev–Trinajstić information content (AvgIpc) is 2.38. The summed E-state index contributed by atoms with van der Waals surface area (Å²) in [7, 11) is 2.24. The van der Waals surface area contributed by atoms with Crippen molar-refractivity contribution in [3.8, 4) is 0 Å². The molecule has 0 aromatic heterocycles. The van der Waals surface area contributed by atoms with Crippen LogP contribution in [0.5, 0.6) is 0 Å². The van der Waals surface area contributed by atoms with E-state index in [1.807, 2.05) is 0 Å². The van der Waals surface area contributed by atoms with Gasteiger partial charge in [-0.25, -0.2) is 4.79 Å². The van der Waals surface area contributed by atoms with E-state index in [2.05, 4.69) is 9.47 Å². The molecular weight excluding hydrogens is 252 g/mol. The summed E-state index contributed by atoms with van der Waals surface area (Å²) >= 11 is 0. The molecule has 0 amide bonds. The topological polar surface area (TPSA) is 89.9 Å². The van der Waals surface area contributed by atoms with Gasteiger partial charge in [0.25, 0.3) is 0 Å². The number of benzene rings is 1. The number of ether oxygens (including phenoxy) is 2. The quantitative estimate of drug-likeness (QED) is 0.648. The molecule has 1 N–H and O–H groups in total. The van der Waals surface area contributed by atoms with Crippen LogP contribution in [0.4, 0.5) is 0 Å². The summed E-state index contributed by atoms with van der Waals surface area (Å²) in [4.78, 5) is 34.5. The fourth-order valence-corrected chi connectivity index (χ4v) is 1.70. The summed E-state index contributed by atoms with van der Waals surface area (Å²) in [5.41, 5.74) is 0.649. The molecular formula is C13H14O6. The first kappa shape index (κ1) is 14.7. The van der Waals surface area contributed by atoms with E-state index in [9.17, 15) is 14.4 Å². The van der Waals surface area contributed by atoms with Gasteiger partial charge >= 0.3 is 17.9 Å². The van der Waals surface area contributed by atoms with Crippen LogP contribution in [-0.4, -0.2) is 37.2 Å². The van der Waals surface area contributed by atoms with Crippen molar-refractivity contribution in [1.82, 2.24) is 0 Å². The Morgan fingerprint density at radius 2 is 1.63 bits per heavy atom. The van der Waals surface area contributed by atoms with E-state index in [1.165, 1.54) is 12.1 Å². The van der Waals surface area contributed by atoms with Crippen LogP contribution in [0.2, 0.25) is 0 Å². The van der Waals surface area contributed by atoms with Crippen molar-refractivity contribution in [2.24, 2.45) is 0 Å². The fraction of sp³-hybridized carbons (Fsp3) is 0.308. The van der Waals surface area contributed by atoms with Gasteiger partial charge in [0.15, 0.2) is 5.92 Å². The summed E-state index contributed by atoms with van der Waals surface area (Å²) in [5, 5.41) is 9.11. The Kier molecular flexibility index (Phi) is 4.63. The number of methoxy groups -OCH3 is 2. The summed E-state index contributed by atoms with van der Waals surface area (Å²) in [6.07, 6.45) is 0. The van der Waals surface area contributed by atoms with E-state index in [4.69, 9.17) is 5.11 Å². The minimum atomic E-state index is -1.40. The van der Waals surface area contributed by atoms with Gasteiger partial charge in [-0.2, -0.15) is 0 Å². The second kappa shape index (κ2) is 5.99. The molecule has 1 rings (SSSR count). The van der Waals surface area contributed by atoms with Crippen LogP contribution in [0.3, 0.4) is 0 Å². The Labute approximate surface area is 109 Å². The summed E-state index contributed by atoms with van der Waals surface area (Å²) in [5.74, 6) is -4.35. The van der Waals surface area contributed by atoms with Crippen LogP contribution in [0.15, 0.2) is 18.2 Å². The summed E-state index contributed by atoms with van der Waals surface area (Å²) in [6.45, 7) is 1.72. The number of esters is 2. The Balaban J connectivity index is 3.44. The van der Waals surface area contributed by atoms with Crippen LogP contribution >= 0.6 is 0 Å². The van der Waals surface area contributed by atoms with E-state index in [-0.39, 0.29) is 11.1 Å². The minimum absolute atomic E-state index is 0.0613. The van der Waals surface area contributed by atoms with E-state index in [0.29, 0.717) is 0 Å². The SMILES string of the molecule is COC(=O)C(C(=O)OC)c1cc(C)ccc1C(=O)O. The number of hydrogen-bond donors (Lipinski definition) is 1. The second-order valence-corrected chi connectivity index (χ2v) is 3.88. The smallest absolute Gasteiger partial charge is 0.336 e. The molecule has 0 atom stereocenters. The average molecular weight is 266 g/mol. The Morgan fingerprint density at radius 3 is 2.05 bits per heavy atom. The Bertz CT molecular complexity index is 504. The lowest BCUT2D eigenvalue weighted by atomic mass is 9.92. The van der Waals surface area contributed by atoms with E-state index in [0.717, 1.165) is 19.8 Å². The van der Waals surface area contributed by atoms with Crippen molar-refractivity contribution >= 4 is 17.9 Å². The number of aryl methyl sites for hydroxylation is 1. The van der Waals surface area contributed by atoms with Gasteiger partial charge in [-0.3, -0.25) is 9.59 Å². The summed E-state index contributed by atoms with van der Waals surface area (Å²) < 4.78 is 9.06. The molecule has 0 spiro atoms. The predicted octanol–water partition coefficient (Wildman–Crippen LogP) is 1.12. The van der Waals surface area contributed by atoms with Gasteiger partial charge in [-0.15, -0.1) is 0 Å². The van der Waals surface area contributed by atoms with Gasteiger partial charge in [0.05, 0.1) is 19.8 Å². The molecule has 6 nitrogen and oxygen atoms in total. The molecule has 0 unspecified atom stereocenters. The highest BCUT2D eigenvalue weighted by molar-refractivity contribution is 6.04. The highest BCUT2D eigenvalue weighted by atomic mass is 16.5. The molecule has 6 heteroatoms. The molecule has 0 saturated heterocycles. The maximum absolute atomic E-state index is 11.7. The van der Waals surface area contributed by atoms with Crippen molar-refractivity contribution < 1.29 is 29.0 Å². The van der Waals surface area contributed by atoms with Gasteiger partial charge in [-0.05, 0) is 18.6 Å². The molecule has 19 heavy (non-hydrogen) atoms. The highest BCUT2D eigenvalue weighted by Crippen LogP contribution is 2.24. The van der Waals surface area contributed by atoms with Crippen molar-refractivity contribution in [2.45, 2.75) is 12.8 Å². The van der Waals surface area contributed by atoms with Gasteiger partial charge in [0, 0.05) is 0 Å². The first-order valence-electron chi connectivity index (χ1n) is 5.41. The molecule has 1 aromatic carbocycles. The van der Waals surface area contributed by atoms with E-state index >= 15 is 0 Å². The molecule has 0 aliphatic heterocycles. The second-order valence-electron chi connectivity index (χ2n) is 3.88. The normalized spacial score (nSPS) is 10.1. The van der Waals surface area contributed by atoms with Crippen molar-refractivity contribution in [3.05, 3.63) is 34.9 Å². The standard InChI is InChI=1S/C13H14O6/c1-7-4-5-8(11(14)15)9(6-7)10(12(16)18-2)13(17)19-3/h4-6,10H,1-3H3,(H,14,15). The van der Waals surface area contributed by atoms with Gasteiger partial charge < -0.3 is 14.6 Å². The Morgan fingerprint density at radius 1 is 1.11 bits per heavy atom. The third kappa shape index (κ3) is 3.09. The molecule has 1 aromatic rings. The zero-order valence-electron chi connectivity index (χ0n) is 10.8. The third-order valence-electron chi connectivity index (χ3n) is 2.62. The van der Waals surface area contributed by atoms with Crippen LogP contribution in [0.25, 0.3) is 0 Å². The number of rotatable bonds is 4. The largest absolute Gasteiger partial charge is 0.478 e. The van der Waals surface area contributed by atoms with Gasteiger partial charge in [0.2, 0.25) is 0 Å². The minimum Gasteiger partial charge on any atom is -0.478 e. The third-order valence-corrected chi connectivity index (χ3v) is 2.62. The fourth-order valence-electron chi connectivity index (χ4n) is 1.70. The monoisotopic (exact) mass is 266 g/mol. The Hall–Kier alpha value is -2.37. The van der Waals surface area contributed by atoms with E-state index < -0.39 is 23.8 Å². The summed E-state index contributed by atoms with van der Waals surface area (Å²) in [6, 6.07) is 4.38. The van der Waals surface area contributed by atoms with Crippen LogP contribution in [-0.2, 0) is 19.1 Å². The first-order chi connectivity index (χ1) is 8.92. The van der Waals surface area contributed by atoms with Crippen LogP contribution < -0.4 is 0 Å². The predicted molar refractivity (Wildman–Crippen MR) is 64.9 cm³/mol. The molecule has 0 radical (unpaired) electrons. The maximum Gasteiger partial charge on any atom is 0.336 e. The molecule has 0 saturated carbocycles. The molecule has 0 fully saturated rings. The maximum atomic E-state index is 11.7. The number of carbonyl (C=O) groups excluding carboxylic acids is 2. The highest BCUT2D eigenvalue weighted by Gasteiger charge is 2.33. The van der Waals surface area contributed by atoms with Crippen LogP contribution in [0.1, 0.15) is 27.4 Å². The lowest BCUT2D eigenvalue weighted by molar-refractivity contribution is -0.154. The number of aromatic carboxylic acids is 1. The van der Waals surface area contributed by atoms with Crippen molar-refractivity contribution in [1.29, 1.82) is 0 Å².